The average molecular weight is 262 g/mol. The van der Waals surface area contributed by atoms with Crippen molar-refractivity contribution in [3.05, 3.63) is 66.7 Å². The van der Waals surface area contributed by atoms with Gasteiger partial charge in [0.25, 0.3) is 0 Å². The maximum atomic E-state index is 4.67. The van der Waals surface area contributed by atoms with E-state index >= 15 is 0 Å². The van der Waals surface area contributed by atoms with E-state index in [9.17, 15) is 0 Å². The number of para-hydroxylation sites is 1. The molecule has 1 aliphatic rings. The topological polar surface area (TPSA) is 24.4 Å². The first-order chi connectivity index (χ1) is 9.90. The summed E-state index contributed by atoms with van der Waals surface area (Å²) in [6.07, 6.45) is 7.82. The van der Waals surface area contributed by atoms with Gasteiger partial charge in [0.2, 0.25) is 0 Å². The molecule has 0 fully saturated rings. The number of rotatable bonds is 3. The molecule has 2 aromatic carbocycles. The maximum Gasteiger partial charge on any atom is 0.0634 e. The van der Waals surface area contributed by atoms with Crippen LogP contribution in [0.25, 0.3) is 0 Å². The number of benzene rings is 2. The second-order valence-corrected chi connectivity index (χ2v) is 4.94. The summed E-state index contributed by atoms with van der Waals surface area (Å²) in [5.74, 6) is 0. The summed E-state index contributed by atoms with van der Waals surface area (Å²) in [6.45, 7) is 0. The molecule has 0 radical (unpaired) electrons. The van der Waals surface area contributed by atoms with Crippen LogP contribution in [0.4, 0.5) is 17.1 Å². The lowest BCUT2D eigenvalue weighted by Gasteiger charge is -2.08. The van der Waals surface area contributed by atoms with Crippen molar-refractivity contribution >= 4 is 22.8 Å². The molecule has 1 N–H and O–H groups in total. The number of hydrogen-bond acceptors (Lipinski definition) is 2. The summed E-state index contributed by atoms with van der Waals surface area (Å²) in [5, 5.41) is 3.37. The van der Waals surface area contributed by atoms with E-state index in [2.05, 4.69) is 58.9 Å². The Kier molecular flexibility index (Phi) is 3.93. The van der Waals surface area contributed by atoms with Crippen molar-refractivity contribution < 1.29 is 0 Å². The van der Waals surface area contributed by atoms with Crippen LogP contribution >= 0.6 is 0 Å². The predicted molar refractivity (Wildman–Crippen MR) is 86.3 cm³/mol. The summed E-state index contributed by atoms with van der Waals surface area (Å²) in [6, 6.07) is 18.4. The van der Waals surface area contributed by atoms with Crippen LogP contribution in [0, 0.1) is 0 Å². The zero-order valence-corrected chi connectivity index (χ0v) is 11.4. The summed E-state index contributed by atoms with van der Waals surface area (Å²) >= 11 is 0. The van der Waals surface area contributed by atoms with E-state index in [1.807, 2.05) is 18.2 Å². The molecule has 2 heteroatoms. The Labute approximate surface area is 119 Å². The Balaban J connectivity index is 1.71. The zero-order chi connectivity index (χ0) is 13.6. The molecule has 0 heterocycles. The minimum Gasteiger partial charge on any atom is -0.356 e. The van der Waals surface area contributed by atoms with Crippen LogP contribution in [0.2, 0.25) is 0 Å². The van der Waals surface area contributed by atoms with Crippen LogP contribution < -0.4 is 5.32 Å². The molecular formula is C18H18N2. The molecule has 0 bridgehead atoms. The number of aliphatic imine (C=N–C) groups is 1. The van der Waals surface area contributed by atoms with E-state index in [1.165, 1.54) is 18.6 Å². The predicted octanol–water partition coefficient (Wildman–Crippen LogP) is 5.24. The maximum absolute atomic E-state index is 4.67. The Hall–Kier alpha value is -2.35. The highest BCUT2D eigenvalue weighted by Crippen LogP contribution is 2.21. The molecule has 0 atom stereocenters. The van der Waals surface area contributed by atoms with Crippen LogP contribution in [0.3, 0.4) is 0 Å². The van der Waals surface area contributed by atoms with Crippen LogP contribution in [0.15, 0.2) is 71.7 Å². The molecule has 20 heavy (non-hydrogen) atoms. The third kappa shape index (κ3) is 3.35. The van der Waals surface area contributed by atoms with Crippen molar-refractivity contribution in [1.82, 2.24) is 0 Å². The van der Waals surface area contributed by atoms with Gasteiger partial charge < -0.3 is 5.32 Å². The van der Waals surface area contributed by atoms with Gasteiger partial charge in [-0.25, -0.2) is 0 Å². The largest absolute Gasteiger partial charge is 0.356 e. The van der Waals surface area contributed by atoms with E-state index in [1.54, 1.807) is 0 Å². The van der Waals surface area contributed by atoms with Crippen LogP contribution in [-0.4, -0.2) is 5.71 Å². The fraction of sp³-hybridized carbons (Fsp3) is 0.167. The van der Waals surface area contributed by atoms with Crippen molar-refractivity contribution in [3.63, 3.8) is 0 Å². The first kappa shape index (κ1) is 12.7. The zero-order valence-electron chi connectivity index (χ0n) is 11.4. The monoisotopic (exact) mass is 262 g/mol. The SMILES string of the molecule is C1=C/C(=N\c2ccc(Nc3ccccc3)cc2)CCC1. The number of nitrogens with one attached hydrogen (secondary N) is 1. The second kappa shape index (κ2) is 6.20. The van der Waals surface area contributed by atoms with Crippen molar-refractivity contribution in [2.24, 2.45) is 4.99 Å². The fourth-order valence-corrected chi connectivity index (χ4v) is 2.27. The van der Waals surface area contributed by atoms with E-state index < -0.39 is 0 Å². The van der Waals surface area contributed by atoms with Crippen molar-refractivity contribution in [2.75, 3.05) is 5.32 Å². The second-order valence-electron chi connectivity index (χ2n) is 4.94. The third-order valence-electron chi connectivity index (χ3n) is 3.32. The van der Waals surface area contributed by atoms with Gasteiger partial charge in [0, 0.05) is 17.1 Å². The molecule has 1 aliphatic carbocycles. The van der Waals surface area contributed by atoms with Gasteiger partial charge in [-0.15, -0.1) is 0 Å². The summed E-state index contributed by atoms with van der Waals surface area (Å²) in [5.41, 5.74) is 4.38. The first-order valence-electron chi connectivity index (χ1n) is 7.06. The van der Waals surface area contributed by atoms with Gasteiger partial charge in [-0.2, -0.15) is 0 Å². The molecule has 0 saturated carbocycles. The smallest absolute Gasteiger partial charge is 0.0634 e. The van der Waals surface area contributed by atoms with Crippen molar-refractivity contribution in [2.45, 2.75) is 19.3 Å². The highest BCUT2D eigenvalue weighted by molar-refractivity contribution is 5.97. The summed E-state index contributed by atoms with van der Waals surface area (Å²) in [7, 11) is 0. The van der Waals surface area contributed by atoms with E-state index in [-0.39, 0.29) is 0 Å². The van der Waals surface area contributed by atoms with Gasteiger partial charge in [0.15, 0.2) is 0 Å². The lowest BCUT2D eigenvalue weighted by molar-refractivity contribution is 0.879. The van der Waals surface area contributed by atoms with Crippen LogP contribution in [0.5, 0.6) is 0 Å². The first-order valence-corrected chi connectivity index (χ1v) is 7.06. The van der Waals surface area contributed by atoms with Crippen molar-refractivity contribution in [3.8, 4) is 0 Å². The van der Waals surface area contributed by atoms with Gasteiger partial charge in [0.1, 0.15) is 0 Å². The quantitative estimate of drug-likeness (QED) is 0.803. The van der Waals surface area contributed by atoms with E-state index in [0.717, 1.165) is 23.5 Å². The lowest BCUT2D eigenvalue weighted by Crippen LogP contribution is -1.97. The molecule has 0 aromatic heterocycles. The molecule has 2 nitrogen and oxygen atoms in total. The minimum absolute atomic E-state index is 1.02. The van der Waals surface area contributed by atoms with Gasteiger partial charge in [-0.3, -0.25) is 4.99 Å². The minimum atomic E-state index is 1.02. The molecule has 2 aromatic rings. The van der Waals surface area contributed by atoms with Gasteiger partial charge in [-0.05, 0) is 61.7 Å². The molecule has 0 spiro atoms. The average Bonchev–Trinajstić information content (AvgIpc) is 2.51. The Bertz CT molecular complexity index is 610. The summed E-state index contributed by atoms with van der Waals surface area (Å²) in [4.78, 5) is 4.67. The lowest BCUT2D eigenvalue weighted by atomic mass is 10.1. The molecule has 3 rings (SSSR count). The number of allylic oxidation sites excluding steroid dienone is 2. The van der Waals surface area contributed by atoms with E-state index in [4.69, 9.17) is 0 Å². The third-order valence-corrected chi connectivity index (χ3v) is 3.32. The standard InChI is InChI=1S/C18H18N2/c1-3-7-15(8-4-1)19-17-11-13-18(14-12-17)20-16-9-5-2-6-10-16/h1,3-5,7-9,11-14,19H,2,6,10H2/b20-16+. The fourth-order valence-electron chi connectivity index (χ4n) is 2.27. The van der Waals surface area contributed by atoms with Gasteiger partial charge in [-0.1, -0.05) is 24.3 Å². The molecule has 0 unspecified atom stereocenters. The number of anilines is 2. The highest BCUT2D eigenvalue weighted by Gasteiger charge is 2.01. The van der Waals surface area contributed by atoms with Crippen LogP contribution in [0.1, 0.15) is 19.3 Å². The van der Waals surface area contributed by atoms with E-state index in [0.29, 0.717) is 0 Å². The molecule has 100 valence electrons. The Morgan fingerprint density at radius 3 is 2.30 bits per heavy atom. The summed E-state index contributed by atoms with van der Waals surface area (Å²) < 4.78 is 0. The van der Waals surface area contributed by atoms with Gasteiger partial charge in [0.05, 0.1) is 5.69 Å². The molecular weight excluding hydrogens is 244 g/mol. The number of nitrogens with zero attached hydrogens (tertiary/aromatic N) is 1. The highest BCUT2D eigenvalue weighted by atomic mass is 14.9. The molecule has 0 amide bonds. The Morgan fingerprint density at radius 2 is 1.60 bits per heavy atom. The number of hydrogen-bond donors (Lipinski definition) is 1. The normalized spacial score (nSPS) is 16.3. The van der Waals surface area contributed by atoms with Crippen molar-refractivity contribution in [1.29, 1.82) is 0 Å². The Morgan fingerprint density at radius 1 is 0.850 bits per heavy atom. The van der Waals surface area contributed by atoms with Crippen LogP contribution in [-0.2, 0) is 0 Å². The molecule has 0 aliphatic heterocycles. The molecule has 0 saturated heterocycles. The van der Waals surface area contributed by atoms with Gasteiger partial charge >= 0.3 is 0 Å².